The lowest BCUT2D eigenvalue weighted by Crippen LogP contribution is -2.27. The summed E-state index contributed by atoms with van der Waals surface area (Å²) in [6, 6.07) is 20.6. The number of fused-ring (bicyclic) bond motifs is 1. The molecule has 0 fully saturated rings. The number of hydrogen-bond donors (Lipinski definition) is 0. The van der Waals surface area contributed by atoms with E-state index in [4.69, 9.17) is 0 Å². The molecule has 28 heavy (non-hydrogen) atoms. The zero-order valence-corrected chi connectivity index (χ0v) is 15.6. The van der Waals surface area contributed by atoms with Crippen LogP contribution >= 0.6 is 0 Å². The first-order valence-electron chi connectivity index (χ1n) is 9.66. The van der Waals surface area contributed by atoms with Crippen LogP contribution in [0.5, 0.6) is 0 Å². The molecule has 0 atom stereocenters. The lowest BCUT2D eigenvalue weighted by molar-refractivity contribution is 0.267. The summed E-state index contributed by atoms with van der Waals surface area (Å²) in [6.45, 7) is 3.73. The topological polar surface area (TPSA) is 51.8 Å². The third-order valence-corrected chi connectivity index (χ3v) is 5.27. The molecule has 6 nitrogen and oxygen atoms in total. The van der Waals surface area contributed by atoms with E-state index < -0.39 is 0 Å². The van der Waals surface area contributed by atoms with Crippen LogP contribution in [-0.4, -0.2) is 42.3 Å². The highest BCUT2D eigenvalue weighted by Crippen LogP contribution is 2.21. The molecule has 1 aliphatic rings. The van der Waals surface area contributed by atoms with Crippen LogP contribution in [0.25, 0.3) is 17.2 Å². The molecule has 6 heteroatoms. The molecule has 3 aromatic heterocycles. The molecule has 4 heterocycles. The predicted molar refractivity (Wildman–Crippen MR) is 108 cm³/mol. The smallest absolute Gasteiger partial charge is 0.164 e. The molecule has 0 spiro atoms. The largest absolute Gasteiger partial charge is 0.310 e. The molecular weight excluding hydrogens is 348 g/mol. The minimum atomic E-state index is 0.891. The summed E-state index contributed by atoms with van der Waals surface area (Å²) in [6.07, 6.45) is 4.82. The highest BCUT2D eigenvalue weighted by atomic mass is 15.3. The Hall–Kier alpha value is -3.25. The van der Waals surface area contributed by atoms with Gasteiger partial charge in [-0.2, -0.15) is 0 Å². The molecule has 0 bridgehead atoms. The first kappa shape index (κ1) is 16.9. The summed E-state index contributed by atoms with van der Waals surface area (Å²) in [5.41, 5.74) is 2.37. The van der Waals surface area contributed by atoms with Gasteiger partial charge in [-0.25, -0.2) is 4.98 Å². The molecule has 0 aliphatic carbocycles. The summed E-state index contributed by atoms with van der Waals surface area (Å²) in [7, 11) is 0. The van der Waals surface area contributed by atoms with Crippen molar-refractivity contribution in [3.63, 3.8) is 0 Å². The van der Waals surface area contributed by atoms with E-state index in [2.05, 4.69) is 59.7 Å². The van der Waals surface area contributed by atoms with Gasteiger partial charge >= 0.3 is 0 Å². The third-order valence-electron chi connectivity index (χ3n) is 5.27. The Kier molecular flexibility index (Phi) is 4.47. The molecule has 0 saturated carbocycles. The van der Waals surface area contributed by atoms with Gasteiger partial charge in [0.2, 0.25) is 0 Å². The fourth-order valence-electron chi connectivity index (χ4n) is 3.82. The number of pyridine rings is 1. The van der Waals surface area contributed by atoms with Crippen LogP contribution in [0.15, 0.2) is 73.1 Å². The maximum atomic E-state index is 4.48. The Labute approximate surface area is 164 Å². The van der Waals surface area contributed by atoms with E-state index in [0.717, 1.165) is 55.6 Å². The molecule has 4 aromatic rings. The van der Waals surface area contributed by atoms with Crippen LogP contribution in [0, 0.1) is 0 Å². The van der Waals surface area contributed by atoms with Crippen molar-refractivity contribution in [2.45, 2.75) is 19.5 Å². The highest BCUT2D eigenvalue weighted by molar-refractivity contribution is 5.55. The average molecular weight is 370 g/mol. The second-order valence-corrected chi connectivity index (χ2v) is 7.04. The van der Waals surface area contributed by atoms with Crippen LogP contribution in [0.2, 0.25) is 0 Å². The number of nitrogens with zero attached hydrogens (tertiary/aromatic N) is 6. The standard InChI is InChI=1S/C22H22N6/c1-2-7-18(8-3-1)22-25-24-21-11-14-26(15-16-28(21)22)17-19-9-6-13-27(19)20-10-4-5-12-23-20/h1-10,12-13H,11,14-17H2. The summed E-state index contributed by atoms with van der Waals surface area (Å²) < 4.78 is 4.44. The monoisotopic (exact) mass is 370 g/mol. The van der Waals surface area contributed by atoms with E-state index in [9.17, 15) is 0 Å². The SMILES string of the molecule is c1ccc(-c2nnc3n2CCN(Cc2cccn2-c2ccccn2)CC3)cc1. The minimum absolute atomic E-state index is 0.891. The average Bonchev–Trinajstić information content (AvgIpc) is 3.33. The van der Waals surface area contributed by atoms with Crippen molar-refractivity contribution in [1.82, 2.24) is 29.2 Å². The Morgan fingerprint density at radius 3 is 2.57 bits per heavy atom. The van der Waals surface area contributed by atoms with Gasteiger partial charge < -0.3 is 9.13 Å². The summed E-state index contributed by atoms with van der Waals surface area (Å²) in [4.78, 5) is 6.97. The molecule has 0 unspecified atom stereocenters. The Morgan fingerprint density at radius 2 is 1.71 bits per heavy atom. The van der Waals surface area contributed by atoms with E-state index in [-0.39, 0.29) is 0 Å². The van der Waals surface area contributed by atoms with E-state index in [1.165, 1.54) is 5.69 Å². The Bertz CT molecular complexity index is 1050. The van der Waals surface area contributed by atoms with E-state index >= 15 is 0 Å². The first-order valence-corrected chi connectivity index (χ1v) is 9.66. The van der Waals surface area contributed by atoms with Crippen molar-refractivity contribution in [1.29, 1.82) is 0 Å². The van der Waals surface area contributed by atoms with Crippen LogP contribution in [0.1, 0.15) is 11.5 Å². The quantitative estimate of drug-likeness (QED) is 0.554. The molecular formula is C22H22N6. The molecule has 140 valence electrons. The van der Waals surface area contributed by atoms with Gasteiger partial charge in [0.15, 0.2) is 5.82 Å². The minimum Gasteiger partial charge on any atom is -0.310 e. The lowest BCUT2D eigenvalue weighted by Gasteiger charge is -2.20. The number of aromatic nitrogens is 5. The van der Waals surface area contributed by atoms with Crippen molar-refractivity contribution >= 4 is 0 Å². The van der Waals surface area contributed by atoms with E-state index in [0.29, 0.717) is 0 Å². The Balaban J connectivity index is 1.34. The molecule has 0 saturated heterocycles. The highest BCUT2D eigenvalue weighted by Gasteiger charge is 2.20. The van der Waals surface area contributed by atoms with Crippen molar-refractivity contribution in [2.75, 3.05) is 13.1 Å². The van der Waals surface area contributed by atoms with Gasteiger partial charge in [0.1, 0.15) is 11.6 Å². The van der Waals surface area contributed by atoms with Crippen LogP contribution < -0.4 is 0 Å². The van der Waals surface area contributed by atoms with E-state index in [1.807, 2.05) is 42.6 Å². The van der Waals surface area contributed by atoms with Crippen LogP contribution in [0.4, 0.5) is 0 Å². The van der Waals surface area contributed by atoms with Gasteiger partial charge in [0.05, 0.1) is 0 Å². The lowest BCUT2D eigenvalue weighted by atomic mass is 10.2. The maximum absolute atomic E-state index is 4.48. The molecule has 1 aromatic carbocycles. The van der Waals surface area contributed by atoms with Gasteiger partial charge in [-0.15, -0.1) is 10.2 Å². The maximum Gasteiger partial charge on any atom is 0.164 e. The number of benzene rings is 1. The first-order chi connectivity index (χ1) is 13.9. The fourth-order valence-corrected chi connectivity index (χ4v) is 3.82. The van der Waals surface area contributed by atoms with E-state index in [1.54, 1.807) is 0 Å². The van der Waals surface area contributed by atoms with Gasteiger partial charge in [-0.3, -0.25) is 4.90 Å². The molecule has 1 aliphatic heterocycles. The van der Waals surface area contributed by atoms with Crippen molar-refractivity contribution in [2.24, 2.45) is 0 Å². The van der Waals surface area contributed by atoms with Crippen LogP contribution in [0.3, 0.4) is 0 Å². The van der Waals surface area contributed by atoms with Crippen molar-refractivity contribution in [3.05, 3.63) is 84.6 Å². The summed E-state index contributed by atoms with van der Waals surface area (Å²) in [5.74, 6) is 3.00. The van der Waals surface area contributed by atoms with Crippen molar-refractivity contribution < 1.29 is 0 Å². The summed E-state index contributed by atoms with van der Waals surface area (Å²) in [5, 5.41) is 8.91. The van der Waals surface area contributed by atoms with Crippen LogP contribution in [-0.2, 0) is 19.5 Å². The second kappa shape index (κ2) is 7.40. The molecule has 0 amide bonds. The van der Waals surface area contributed by atoms with Gasteiger partial charge in [-0.1, -0.05) is 36.4 Å². The summed E-state index contributed by atoms with van der Waals surface area (Å²) >= 11 is 0. The normalized spacial score (nSPS) is 14.6. The van der Waals surface area contributed by atoms with Gasteiger partial charge in [-0.05, 0) is 24.3 Å². The Morgan fingerprint density at radius 1 is 0.821 bits per heavy atom. The second-order valence-electron chi connectivity index (χ2n) is 7.04. The van der Waals surface area contributed by atoms with Crippen molar-refractivity contribution in [3.8, 4) is 17.2 Å². The van der Waals surface area contributed by atoms with Gasteiger partial charge in [0.25, 0.3) is 0 Å². The molecule has 5 rings (SSSR count). The predicted octanol–water partition coefficient (Wildman–Crippen LogP) is 3.19. The number of rotatable bonds is 4. The zero-order valence-electron chi connectivity index (χ0n) is 15.6. The molecule has 0 radical (unpaired) electrons. The third kappa shape index (κ3) is 3.23. The zero-order chi connectivity index (χ0) is 18.8. The fraction of sp³-hybridized carbons (Fsp3) is 0.227. The molecule has 0 N–H and O–H groups in total. The number of hydrogen-bond acceptors (Lipinski definition) is 4. The van der Waals surface area contributed by atoms with Gasteiger partial charge in [0, 0.05) is 56.3 Å².